The summed E-state index contributed by atoms with van der Waals surface area (Å²) in [7, 11) is 0. The maximum Gasteiger partial charge on any atom is 0.338 e. The van der Waals surface area contributed by atoms with Crippen molar-refractivity contribution in [3.8, 4) is 0 Å². The highest BCUT2D eigenvalue weighted by atomic mass is 16.5. The highest BCUT2D eigenvalue weighted by Gasteiger charge is 2.59. The number of carbonyl (C=O) groups excluding carboxylic acids is 1. The van der Waals surface area contributed by atoms with E-state index >= 15 is 0 Å². The summed E-state index contributed by atoms with van der Waals surface area (Å²) in [5, 5.41) is 0. The summed E-state index contributed by atoms with van der Waals surface area (Å²) in [6.07, 6.45) is 4.60. The molecule has 2 aromatic carbocycles. The van der Waals surface area contributed by atoms with Crippen molar-refractivity contribution in [3.05, 3.63) is 82.9 Å². The van der Waals surface area contributed by atoms with Crippen molar-refractivity contribution in [3.63, 3.8) is 0 Å². The Morgan fingerprint density at radius 1 is 1.08 bits per heavy atom. The smallest absolute Gasteiger partial charge is 0.338 e. The second-order valence-electron chi connectivity index (χ2n) is 7.39. The molecule has 1 aliphatic carbocycles. The molecule has 25 heavy (non-hydrogen) atoms. The summed E-state index contributed by atoms with van der Waals surface area (Å²) in [6, 6.07) is 17.7. The number of benzene rings is 2. The molecule has 2 aromatic rings. The van der Waals surface area contributed by atoms with Gasteiger partial charge in [0.05, 0.1) is 5.56 Å². The highest BCUT2D eigenvalue weighted by molar-refractivity contribution is 5.89. The van der Waals surface area contributed by atoms with Crippen LogP contribution in [-0.4, -0.2) is 12.1 Å². The van der Waals surface area contributed by atoms with Gasteiger partial charge in [-0.15, -0.1) is 0 Å². The average Bonchev–Trinajstić information content (AvgIpc) is 3.08. The maximum atomic E-state index is 12.4. The van der Waals surface area contributed by atoms with Gasteiger partial charge in [-0.1, -0.05) is 42.5 Å². The summed E-state index contributed by atoms with van der Waals surface area (Å²) >= 11 is 0. The van der Waals surface area contributed by atoms with Gasteiger partial charge in [-0.25, -0.2) is 4.79 Å². The molecular formula is C22H20O3. The predicted octanol–water partition coefficient (Wildman–Crippen LogP) is 4.48. The number of fused-ring (bicyclic) bond motifs is 3. The van der Waals surface area contributed by atoms with Gasteiger partial charge in [-0.3, -0.25) is 0 Å². The van der Waals surface area contributed by atoms with E-state index in [1.807, 2.05) is 18.2 Å². The number of ether oxygens (including phenoxy) is 2. The number of carbonyl (C=O) groups is 1. The Kier molecular flexibility index (Phi) is 3.02. The standard InChI is InChI=1S/C22H20O3/c1-21-14-16-13-17(24-20(23)15-7-3-2-4-8-15)11-12-22(16,25-21)19-10-6-5-9-18(19)21/h2-10,14,17H,11-13H2,1H3/t17-,21+,22-/m0/s1. The predicted molar refractivity (Wildman–Crippen MR) is 94.1 cm³/mol. The molecule has 0 amide bonds. The Labute approximate surface area is 147 Å². The maximum absolute atomic E-state index is 12.4. The van der Waals surface area contributed by atoms with Crippen molar-refractivity contribution in [2.45, 2.75) is 43.5 Å². The average molecular weight is 332 g/mol. The zero-order valence-electron chi connectivity index (χ0n) is 14.2. The lowest BCUT2D eigenvalue weighted by atomic mass is 9.70. The molecule has 3 atom stereocenters. The zero-order valence-corrected chi connectivity index (χ0v) is 14.2. The molecule has 2 heterocycles. The molecule has 0 radical (unpaired) electrons. The Morgan fingerprint density at radius 3 is 2.60 bits per heavy atom. The van der Waals surface area contributed by atoms with E-state index in [1.54, 1.807) is 12.1 Å². The van der Waals surface area contributed by atoms with Crippen LogP contribution in [0.1, 0.15) is 47.7 Å². The quantitative estimate of drug-likeness (QED) is 0.601. The fraction of sp³-hybridized carbons (Fsp3) is 0.318. The highest BCUT2D eigenvalue weighted by Crippen LogP contribution is 2.62. The number of esters is 1. The second-order valence-corrected chi connectivity index (χ2v) is 7.39. The third-order valence-corrected chi connectivity index (χ3v) is 5.80. The van der Waals surface area contributed by atoms with Crippen LogP contribution >= 0.6 is 0 Å². The molecule has 1 fully saturated rings. The van der Waals surface area contributed by atoms with E-state index in [1.165, 1.54) is 16.7 Å². The molecule has 2 aliphatic heterocycles. The van der Waals surface area contributed by atoms with Crippen molar-refractivity contribution < 1.29 is 14.3 Å². The van der Waals surface area contributed by atoms with Gasteiger partial charge < -0.3 is 9.47 Å². The molecule has 0 unspecified atom stereocenters. The summed E-state index contributed by atoms with van der Waals surface area (Å²) in [6.45, 7) is 2.14. The minimum atomic E-state index is -0.343. The molecule has 3 nitrogen and oxygen atoms in total. The van der Waals surface area contributed by atoms with Crippen LogP contribution in [0, 0.1) is 0 Å². The molecule has 1 spiro atoms. The van der Waals surface area contributed by atoms with Gasteiger partial charge in [0.25, 0.3) is 0 Å². The van der Waals surface area contributed by atoms with Crippen LogP contribution in [0.5, 0.6) is 0 Å². The second kappa shape index (κ2) is 5.06. The lowest BCUT2D eigenvalue weighted by Crippen LogP contribution is -2.36. The van der Waals surface area contributed by atoms with Gasteiger partial charge in [0, 0.05) is 6.42 Å². The number of rotatable bonds is 2. The summed E-state index contributed by atoms with van der Waals surface area (Å²) in [4.78, 5) is 12.4. The van der Waals surface area contributed by atoms with Crippen LogP contribution in [0.3, 0.4) is 0 Å². The molecule has 5 rings (SSSR count). The first-order valence-corrected chi connectivity index (χ1v) is 8.89. The van der Waals surface area contributed by atoms with E-state index in [2.05, 4.69) is 37.3 Å². The van der Waals surface area contributed by atoms with E-state index in [0.29, 0.717) is 5.56 Å². The van der Waals surface area contributed by atoms with E-state index in [-0.39, 0.29) is 23.3 Å². The normalized spacial score (nSPS) is 31.9. The van der Waals surface area contributed by atoms with Gasteiger partial charge >= 0.3 is 5.97 Å². The van der Waals surface area contributed by atoms with Gasteiger partial charge in [-0.05, 0) is 54.7 Å². The third kappa shape index (κ3) is 2.05. The molecule has 0 saturated heterocycles. The largest absolute Gasteiger partial charge is 0.458 e. The summed E-state index contributed by atoms with van der Waals surface area (Å²) in [5.41, 5.74) is 3.80. The molecule has 0 N–H and O–H groups in total. The fourth-order valence-electron chi connectivity index (χ4n) is 4.71. The topological polar surface area (TPSA) is 35.5 Å². The summed E-state index contributed by atoms with van der Waals surface area (Å²) < 4.78 is 12.3. The van der Waals surface area contributed by atoms with Crippen LogP contribution in [0.25, 0.3) is 0 Å². The first kappa shape index (κ1) is 14.9. The van der Waals surface area contributed by atoms with Gasteiger partial charge in [-0.2, -0.15) is 0 Å². The Hall–Kier alpha value is -2.39. The van der Waals surface area contributed by atoms with E-state index < -0.39 is 0 Å². The van der Waals surface area contributed by atoms with Crippen molar-refractivity contribution in [2.24, 2.45) is 0 Å². The van der Waals surface area contributed by atoms with Crippen LogP contribution in [0.4, 0.5) is 0 Å². The molecule has 0 aromatic heterocycles. The zero-order chi connectivity index (χ0) is 17.1. The Morgan fingerprint density at radius 2 is 1.80 bits per heavy atom. The van der Waals surface area contributed by atoms with Crippen LogP contribution in [-0.2, 0) is 20.7 Å². The number of hydrogen-bond acceptors (Lipinski definition) is 3. The SMILES string of the molecule is C[C@]12C=C3C[C@@H](OC(=O)c4ccccc4)CC[C@@]3(O1)c1ccccc12. The Bertz CT molecular complexity index is 885. The molecule has 3 aliphatic rings. The van der Waals surface area contributed by atoms with E-state index in [4.69, 9.17) is 9.47 Å². The molecule has 3 heteroatoms. The Balaban J connectivity index is 1.40. The van der Waals surface area contributed by atoms with Crippen molar-refractivity contribution in [1.82, 2.24) is 0 Å². The van der Waals surface area contributed by atoms with Crippen LogP contribution in [0.15, 0.2) is 66.2 Å². The molecule has 1 saturated carbocycles. The minimum absolute atomic E-state index is 0.0803. The van der Waals surface area contributed by atoms with Crippen LogP contribution in [0.2, 0.25) is 0 Å². The monoisotopic (exact) mass is 332 g/mol. The lowest BCUT2D eigenvalue weighted by molar-refractivity contribution is -0.0871. The van der Waals surface area contributed by atoms with Crippen molar-refractivity contribution in [1.29, 1.82) is 0 Å². The van der Waals surface area contributed by atoms with Gasteiger partial charge in [0.15, 0.2) is 0 Å². The minimum Gasteiger partial charge on any atom is -0.458 e. The van der Waals surface area contributed by atoms with Crippen LogP contribution < -0.4 is 0 Å². The van der Waals surface area contributed by atoms with Crippen molar-refractivity contribution >= 4 is 5.97 Å². The summed E-state index contributed by atoms with van der Waals surface area (Å²) in [5.74, 6) is -0.238. The molecular weight excluding hydrogens is 312 g/mol. The van der Waals surface area contributed by atoms with Crippen molar-refractivity contribution in [2.75, 3.05) is 0 Å². The first-order valence-electron chi connectivity index (χ1n) is 8.89. The first-order chi connectivity index (χ1) is 12.1. The number of hydrogen-bond donors (Lipinski definition) is 0. The van der Waals surface area contributed by atoms with E-state index in [9.17, 15) is 4.79 Å². The molecule has 126 valence electrons. The van der Waals surface area contributed by atoms with Gasteiger partial charge in [0.1, 0.15) is 17.3 Å². The van der Waals surface area contributed by atoms with E-state index in [0.717, 1.165) is 19.3 Å². The van der Waals surface area contributed by atoms with Gasteiger partial charge in [0.2, 0.25) is 0 Å². The lowest BCUT2D eigenvalue weighted by Gasteiger charge is -2.37. The fourth-order valence-corrected chi connectivity index (χ4v) is 4.71. The third-order valence-electron chi connectivity index (χ3n) is 5.80. The molecule has 2 bridgehead atoms.